The van der Waals surface area contributed by atoms with Gasteiger partial charge in [0.15, 0.2) is 0 Å². The average molecular weight is 351 g/mol. The van der Waals surface area contributed by atoms with Crippen molar-refractivity contribution in [1.29, 1.82) is 0 Å². The van der Waals surface area contributed by atoms with E-state index in [1.807, 2.05) is 50.2 Å². The van der Waals surface area contributed by atoms with Gasteiger partial charge in [-0.1, -0.05) is 42.5 Å². The van der Waals surface area contributed by atoms with Crippen molar-refractivity contribution in [1.82, 2.24) is 9.80 Å². The molecule has 2 aromatic carbocycles. The van der Waals surface area contributed by atoms with Crippen LogP contribution in [0.15, 0.2) is 48.5 Å². The Labute approximate surface area is 154 Å². The fraction of sp³-hybridized carbons (Fsp3) is 0.333. The van der Waals surface area contributed by atoms with Gasteiger partial charge in [0.1, 0.15) is 0 Å². The van der Waals surface area contributed by atoms with Gasteiger partial charge in [-0.3, -0.25) is 14.5 Å². The number of aryl methyl sites for hydroxylation is 2. The number of piperazine rings is 1. The molecule has 0 spiro atoms. The van der Waals surface area contributed by atoms with Crippen LogP contribution >= 0.6 is 0 Å². The van der Waals surface area contributed by atoms with E-state index >= 15 is 0 Å². The van der Waals surface area contributed by atoms with E-state index in [0.29, 0.717) is 18.8 Å². The average Bonchev–Trinajstić information content (AvgIpc) is 2.65. The maximum absolute atomic E-state index is 12.5. The Morgan fingerprint density at radius 2 is 1.65 bits per heavy atom. The van der Waals surface area contributed by atoms with E-state index in [4.69, 9.17) is 0 Å². The van der Waals surface area contributed by atoms with E-state index < -0.39 is 11.8 Å². The molecule has 0 bridgehead atoms. The molecule has 0 atom stereocenters. The third-order valence-corrected chi connectivity index (χ3v) is 4.74. The number of carbonyl (C=O) groups excluding carboxylic acids is 2. The Hall–Kier alpha value is -2.66. The minimum Gasteiger partial charge on any atom is -0.332 e. The zero-order valence-corrected chi connectivity index (χ0v) is 15.4. The zero-order chi connectivity index (χ0) is 18.5. The summed E-state index contributed by atoms with van der Waals surface area (Å²) in [6.45, 7) is 7.45. The summed E-state index contributed by atoms with van der Waals surface area (Å²) in [5.41, 5.74) is 3.96. The number of amides is 2. The minimum absolute atomic E-state index is 0.453. The lowest BCUT2D eigenvalue weighted by Gasteiger charge is -2.34. The molecule has 0 unspecified atom stereocenters. The van der Waals surface area contributed by atoms with Crippen LogP contribution in [-0.4, -0.2) is 47.8 Å². The van der Waals surface area contributed by atoms with Crippen molar-refractivity contribution in [3.63, 3.8) is 0 Å². The Kier molecular flexibility index (Phi) is 5.68. The van der Waals surface area contributed by atoms with Crippen molar-refractivity contribution in [2.24, 2.45) is 0 Å². The molecule has 0 aliphatic carbocycles. The summed E-state index contributed by atoms with van der Waals surface area (Å²) in [6, 6.07) is 16.1. The first-order chi connectivity index (χ1) is 12.5. The van der Waals surface area contributed by atoms with E-state index in [-0.39, 0.29) is 0 Å². The van der Waals surface area contributed by atoms with Crippen LogP contribution in [0.4, 0.5) is 5.69 Å². The molecule has 0 aromatic heterocycles. The third kappa shape index (κ3) is 4.49. The van der Waals surface area contributed by atoms with Crippen molar-refractivity contribution in [2.75, 3.05) is 31.5 Å². The van der Waals surface area contributed by atoms with E-state index in [1.54, 1.807) is 4.90 Å². The van der Waals surface area contributed by atoms with E-state index in [9.17, 15) is 9.59 Å². The lowest BCUT2D eigenvalue weighted by atomic mass is 10.1. The van der Waals surface area contributed by atoms with Gasteiger partial charge in [-0.25, -0.2) is 0 Å². The fourth-order valence-corrected chi connectivity index (χ4v) is 3.14. The minimum atomic E-state index is -0.560. The van der Waals surface area contributed by atoms with Crippen molar-refractivity contribution in [3.8, 4) is 0 Å². The highest BCUT2D eigenvalue weighted by Crippen LogP contribution is 2.16. The van der Waals surface area contributed by atoms with Gasteiger partial charge in [-0.05, 0) is 36.6 Å². The molecule has 3 rings (SSSR count). The monoisotopic (exact) mass is 351 g/mol. The van der Waals surface area contributed by atoms with Crippen LogP contribution in [0.5, 0.6) is 0 Å². The number of rotatable bonds is 3. The maximum atomic E-state index is 12.5. The molecule has 1 N–H and O–H groups in total. The summed E-state index contributed by atoms with van der Waals surface area (Å²) in [5.74, 6) is -1.01. The normalized spacial score (nSPS) is 14.9. The van der Waals surface area contributed by atoms with Crippen LogP contribution in [0.1, 0.15) is 16.7 Å². The molecular weight excluding hydrogens is 326 g/mol. The standard InChI is InChI=1S/C21H25N3O2/c1-16-8-9-17(2)19(14-16)22-20(25)21(26)24-12-10-23(11-13-24)15-18-6-4-3-5-7-18/h3-9,14H,10-13,15H2,1-2H3,(H,22,25). The summed E-state index contributed by atoms with van der Waals surface area (Å²) in [7, 11) is 0. The maximum Gasteiger partial charge on any atom is 0.313 e. The number of hydrogen-bond acceptors (Lipinski definition) is 3. The molecule has 0 saturated carbocycles. The number of anilines is 1. The molecular formula is C21H25N3O2. The first-order valence-electron chi connectivity index (χ1n) is 8.97. The first-order valence-corrected chi connectivity index (χ1v) is 8.97. The summed E-state index contributed by atoms with van der Waals surface area (Å²) in [4.78, 5) is 28.7. The summed E-state index contributed by atoms with van der Waals surface area (Å²) < 4.78 is 0. The Morgan fingerprint density at radius 1 is 0.962 bits per heavy atom. The highest BCUT2D eigenvalue weighted by Gasteiger charge is 2.26. The van der Waals surface area contributed by atoms with Crippen molar-refractivity contribution >= 4 is 17.5 Å². The smallest absolute Gasteiger partial charge is 0.313 e. The van der Waals surface area contributed by atoms with E-state index in [2.05, 4.69) is 22.3 Å². The molecule has 1 fully saturated rings. The van der Waals surface area contributed by atoms with Crippen LogP contribution in [0.2, 0.25) is 0 Å². The van der Waals surface area contributed by atoms with E-state index in [0.717, 1.165) is 30.8 Å². The topological polar surface area (TPSA) is 52.7 Å². The second kappa shape index (κ2) is 8.15. The second-order valence-electron chi connectivity index (χ2n) is 6.83. The van der Waals surface area contributed by atoms with Gasteiger partial charge in [0.05, 0.1) is 0 Å². The van der Waals surface area contributed by atoms with Gasteiger partial charge in [0.2, 0.25) is 0 Å². The predicted octanol–water partition coefficient (Wildman–Crippen LogP) is 2.59. The molecule has 0 radical (unpaired) electrons. The third-order valence-electron chi connectivity index (χ3n) is 4.74. The molecule has 1 aliphatic rings. The first kappa shape index (κ1) is 18.1. The molecule has 1 saturated heterocycles. The Morgan fingerprint density at radius 3 is 2.35 bits per heavy atom. The largest absolute Gasteiger partial charge is 0.332 e. The zero-order valence-electron chi connectivity index (χ0n) is 15.4. The van der Waals surface area contributed by atoms with Gasteiger partial charge in [-0.15, -0.1) is 0 Å². The Bertz CT molecular complexity index is 781. The van der Waals surface area contributed by atoms with Crippen LogP contribution in [0.3, 0.4) is 0 Å². The van der Waals surface area contributed by atoms with Gasteiger partial charge < -0.3 is 10.2 Å². The molecule has 1 heterocycles. The highest BCUT2D eigenvalue weighted by atomic mass is 16.2. The summed E-state index contributed by atoms with van der Waals surface area (Å²) in [5, 5.41) is 2.76. The molecule has 2 amide bonds. The van der Waals surface area contributed by atoms with Gasteiger partial charge >= 0.3 is 11.8 Å². The van der Waals surface area contributed by atoms with Gasteiger partial charge in [-0.2, -0.15) is 0 Å². The number of hydrogen-bond donors (Lipinski definition) is 1. The van der Waals surface area contributed by atoms with Crippen LogP contribution < -0.4 is 5.32 Å². The summed E-state index contributed by atoms with van der Waals surface area (Å²) >= 11 is 0. The lowest BCUT2D eigenvalue weighted by molar-refractivity contribution is -0.144. The SMILES string of the molecule is Cc1ccc(C)c(NC(=O)C(=O)N2CCN(Cc3ccccc3)CC2)c1. The van der Waals surface area contributed by atoms with Gasteiger partial charge in [0, 0.05) is 38.4 Å². The van der Waals surface area contributed by atoms with Crippen LogP contribution in [-0.2, 0) is 16.1 Å². The molecule has 2 aromatic rings. The van der Waals surface area contributed by atoms with Gasteiger partial charge in [0.25, 0.3) is 0 Å². The fourth-order valence-electron chi connectivity index (χ4n) is 3.14. The molecule has 26 heavy (non-hydrogen) atoms. The molecule has 1 aliphatic heterocycles. The number of nitrogens with one attached hydrogen (secondary N) is 1. The highest BCUT2D eigenvalue weighted by molar-refractivity contribution is 6.39. The van der Waals surface area contributed by atoms with Crippen molar-refractivity contribution in [3.05, 3.63) is 65.2 Å². The van der Waals surface area contributed by atoms with Crippen molar-refractivity contribution in [2.45, 2.75) is 20.4 Å². The molecule has 136 valence electrons. The summed E-state index contributed by atoms with van der Waals surface area (Å²) in [6.07, 6.45) is 0. The van der Waals surface area contributed by atoms with E-state index in [1.165, 1.54) is 5.56 Å². The van der Waals surface area contributed by atoms with Crippen LogP contribution in [0.25, 0.3) is 0 Å². The molecule has 5 heteroatoms. The van der Waals surface area contributed by atoms with Crippen LogP contribution in [0, 0.1) is 13.8 Å². The second-order valence-corrected chi connectivity index (χ2v) is 6.83. The lowest BCUT2D eigenvalue weighted by Crippen LogP contribution is -2.51. The number of nitrogens with zero attached hydrogens (tertiary/aromatic N) is 2. The number of carbonyl (C=O) groups is 2. The Balaban J connectivity index is 1.53. The number of benzene rings is 2. The van der Waals surface area contributed by atoms with Crippen molar-refractivity contribution < 1.29 is 9.59 Å². The quantitative estimate of drug-likeness (QED) is 0.865. The predicted molar refractivity (Wildman–Crippen MR) is 103 cm³/mol. The molecule has 5 nitrogen and oxygen atoms in total.